The van der Waals surface area contributed by atoms with E-state index >= 15 is 0 Å². The summed E-state index contributed by atoms with van der Waals surface area (Å²) in [6.07, 6.45) is 6.83. The van der Waals surface area contributed by atoms with E-state index in [1.54, 1.807) is 33.9 Å². The molecule has 6 aromatic rings. The van der Waals surface area contributed by atoms with Gasteiger partial charge in [-0.05, 0) is 59.0 Å². The zero-order chi connectivity index (χ0) is 52.1. The summed E-state index contributed by atoms with van der Waals surface area (Å²) >= 11 is 0. The highest BCUT2D eigenvalue weighted by Gasteiger charge is 2.45. The summed E-state index contributed by atoms with van der Waals surface area (Å²) in [4.78, 5) is 80.4. The molecule has 73 heavy (non-hydrogen) atoms. The number of benzene rings is 6. The molecule has 2 aliphatic heterocycles. The molecule has 0 spiro atoms. The summed E-state index contributed by atoms with van der Waals surface area (Å²) in [7, 11) is 6.24. The molecule has 0 aromatic heterocycles. The Bertz CT molecular complexity index is 2700. The summed E-state index contributed by atoms with van der Waals surface area (Å²) in [6, 6.07) is 55.8. The fourth-order valence-corrected chi connectivity index (χ4v) is 8.98. The standard InChI is InChI=1S/C30H30N2O4.C21H24N2O3.C9H8O2/c1-31(27(33)19-18-22-12-6-3-7-13-22)25-20-26(30(35)36-2)32(21-25)29(34)28(23-14-8-4-9-15-23)24-16-10-5-11-17-24;1-22-17-13-18(21(25)26-2)23(14-17)20(24)19(15-9-5-3-6-10-15)16-11-7-4-8-12-16;10-9(11)7-6-8-4-2-1-3-5-8/h3-19,25-26,28H,20-21H2,1-2H3;3-12,17-19,22H,13-14H2,1-2H3;1-7H,(H,10,11)/b19-18+;;7-6+/t25-,26-;17-,18-;/m00./s1. The maximum atomic E-state index is 14.0. The van der Waals surface area contributed by atoms with Crippen molar-refractivity contribution in [2.45, 2.75) is 48.8 Å². The van der Waals surface area contributed by atoms with E-state index in [2.05, 4.69) is 5.32 Å². The number of methoxy groups -OCH3 is 2. The molecule has 3 amide bonds. The molecule has 13 nitrogen and oxygen atoms in total. The zero-order valence-electron chi connectivity index (χ0n) is 41.5. The van der Waals surface area contributed by atoms with Crippen LogP contribution in [0.5, 0.6) is 0 Å². The zero-order valence-corrected chi connectivity index (χ0v) is 41.5. The normalized spacial score (nSPS) is 17.1. The van der Waals surface area contributed by atoms with E-state index in [0.717, 1.165) is 39.5 Å². The number of hydrogen-bond donors (Lipinski definition) is 2. The number of carboxylic acid groups (broad SMARTS) is 1. The Morgan fingerprint density at radius 1 is 0.534 bits per heavy atom. The minimum Gasteiger partial charge on any atom is -0.478 e. The highest BCUT2D eigenvalue weighted by molar-refractivity contribution is 5.94. The predicted octanol–water partition coefficient (Wildman–Crippen LogP) is 8.10. The number of amides is 3. The van der Waals surface area contributed by atoms with Crippen molar-refractivity contribution < 1.29 is 43.3 Å². The van der Waals surface area contributed by atoms with E-state index in [9.17, 15) is 28.8 Å². The molecule has 0 saturated carbocycles. The van der Waals surface area contributed by atoms with Gasteiger partial charge in [-0.3, -0.25) is 14.4 Å². The Balaban J connectivity index is 0.000000204. The van der Waals surface area contributed by atoms with Crippen molar-refractivity contribution in [3.8, 4) is 0 Å². The van der Waals surface area contributed by atoms with Crippen LogP contribution in [-0.4, -0.2) is 121 Å². The third-order valence-corrected chi connectivity index (χ3v) is 12.9. The van der Waals surface area contributed by atoms with Crippen LogP contribution in [-0.2, 0) is 38.2 Å². The number of carbonyl (C=O) groups excluding carboxylic acids is 5. The number of hydrogen-bond acceptors (Lipinski definition) is 9. The van der Waals surface area contributed by atoms with Crippen LogP contribution in [0, 0.1) is 0 Å². The number of carbonyl (C=O) groups is 6. The van der Waals surface area contributed by atoms with Gasteiger partial charge in [-0.1, -0.05) is 182 Å². The quantitative estimate of drug-likeness (QED) is 0.0806. The van der Waals surface area contributed by atoms with E-state index in [1.165, 1.54) is 20.3 Å². The van der Waals surface area contributed by atoms with Gasteiger partial charge in [0.25, 0.3) is 0 Å². The second kappa shape index (κ2) is 27.3. The van der Waals surface area contributed by atoms with Gasteiger partial charge in [0.15, 0.2) is 0 Å². The molecule has 376 valence electrons. The second-order valence-corrected chi connectivity index (χ2v) is 17.5. The lowest BCUT2D eigenvalue weighted by molar-refractivity contribution is -0.151. The van der Waals surface area contributed by atoms with Gasteiger partial charge in [0.05, 0.1) is 32.1 Å². The molecule has 2 N–H and O–H groups in total. The number of ether oxygens (including phenoxy) is 2. The Morgan fingerprint density at radius 3 is 1.23 bits per heavy atom. The fraction of sp³-hybridized carbons (Fsp3) is 0.233. The average Bonchev–Trinajstić information content (AvgIpc) is 4.10. The summed E-state index contributed by atoms with van der Waals surface area (Å²) in [5.74, 6) is -3.24. The number of likely N-dealkylation sites (tertiary alicyclic amines) is 2. The Labute approximate surface area is 427 Å². The molecule has 2 saturated heterocycles. The molecule has 2 heterocycles. The Kier molecular flexibility index (Phi) is 20.1. The van der Waals surface area contributed by atoms with Crippen molar-refractivity contribution in [3.05, 3.63) is 228 Å². The molecule has 8 rings (SSSR count). The molecule has 0 aliphatic carbocycles. The predicted molar refractivity (Wildman–Crippen MR) is 282 cm³/mol. The number of nitrogens with zero attached hydrogens (tertiary/aromatic N) is 3. The first-order valence-corrected chi connectivity index (χ1v) is 24.0. The fourth-order valence-electron chi connectivity index (χ4n) is 8.98. The van der Waals surface area contributed by atoms with Crippen LogP contribution in [0.1, 0.15) is 58.1 Å². The smallest absolute Gasteiger partial charge is 0.328 e. The van der Waals surface area contributed by atoms with E-state index in [0.29, 0.717) is 19.4 Å². The van der Waals surface area contributed by atoms with Crippen molar-refractivity contribution in [1.82, 2.24) is 20.0 Å². The van der Waals surface area contributed by atoms with Gasteiger partial charge >= 0.3 is 17.9 Å². The lowest BCUT2D eigenvalue weighted by Crippen LogP contribution is -2.44. The van der Waals surface area contributed by atoms with Crippen molar-refractivity contribution in [2.24, 2.45) is 0 Å². The van der Waals surface area contributed by atoms with Crippen LogP contribution in [0.4, 0.5) is 0 Å². The van der Waals surface area contributed by atoms with Crippen LogP contribution < -0.4 is 5.32 Å². The minimum atomic E-state index is -0.922. The van der Waals surface area contributed by atoms with Gasteiger partial charge < -0.3 is 34.6 Å². The number of carboxylic acids is 1. The van der Waals surface area contributed by atoms with E-state index < -0.39 is 35.9 Å². The first kappa shape index (κ1) is 53.9. The summed E-state index contributed by atoms with van der Waals surface area (Å²) < 4.78 is 9.99. The minimum absolute atomic E-state index is 0.0736. The number of likely N-dealkylation sites (N-methyl/N-ethyl adjacent to an activating group) is 2. The van der Waals surface area contributed by atoms with Gasteiger partial charge in [-0.15, -0.1) is 0 Å². The largest absolute Gasteiger partial charge is 0.478 e. The molecule has 0 radical (unpaired) electrons. The van der Waals surface area contributed by atoms with Crippen LogP contribution in [0.2, 0.25) is 0 Å². The number of esters is 2. The van der Waals surface area contributed by atoms with Crippen molar-refractivity contribution in [1.29, 1.82) is 0 Å². The van der Waals surface area contributed by atoms with Gasteiger partial charge in [0.2, 0.25) is 17.7 Å². The third-order valence-electron chi connectivity index (χ3n) is 12.9. The summed E-state index contributed by atoms with van der Waals surface area (Å²) in [5, 5.41) is 11.5. The molecule has 0 unspecified atom stereocenters. The molecule has 4 atom stereocenters. The van der Waals surface area contributed by atoms with Gasteiger partial charge in [-0.2, -0.15) is 0 Å². The van der Waals surface area contributed by atoms with Gasteiger partial charge in [0.1, 0.15) is 12.1 Å². The maximum Gasteiger partial charge on any atom is 0.328 e. The van der Waals surface area contributed by atoms with Gasteiger partial charge in [0, 0.05) is 44.8 Å². The highest BCUT2D eigenvalue weighted by atomic mass is 16.5. The number of aliphatic carboxylic acids is 1. The third kappa shape index (κ3) is 14.8. The number of nitrogens with one attached hydrogen (secondary N) is 1. The van der Waals surface area contributed by atoms with Crippen LogP contribution >= 0.6 is 0 Å². The monoisotopic (exact) mass is 982 g/mol. The van der Waals surface area contributed by atoms with E-state index in [1.807, 2.05) is 189 Å². The first-order chi connectivity index (χ1) is 35.4. The van der Waals surface area contributed by atoms with Crippen molar-refractivity contribution >= 4 is 47.8 Å². The summed E-state index contributed by atoms with van der Waals surface area (Å²) in [6.45, 7) is 0.738. The molecular formula is C60H62N4O9. The number of rotatable bonds is 14. The second-order valence-electron chi connectivity index (χ2n) is 17.5. The van der Waals surface area contributed by atoms with Crippen LogP contribution in [0.25, 0.3) is 12.2 Å². The van der Waals surface area contributed by atoms with Crippen LogP contribution in [0.3, 0.4) is 0 Å². The van der Waals surface area contributed by atoms with Crippen molar-refractivity contribution in [3.63, 3.8) is 0 Å². The molecule has 13 heteroatoms. The average molecular weight is 983 g/mol. The van der Waals surface area contributed by atoms with Gasteiger partial charge in [-0.25, -0.2) is 14.4 Å². The van der Waals surface area contributed by atoms with E-state index in [-0.39, 0.29) is 42.3 Å². The van der Waals surface area contributed by atoms with E-state index in [4.69, 9.17) is 14.6 Å². The summed E-state index contributed by atoms with van der Waals surface area (Å²) in [5.41, 5.74) is 5.34. The molecule has 0 bridgehead atoms. The topological polar surface area (TPSA) is 163 Å². The molecule has 6 aromatic carbocycles. The molecule has 2 aliphatic rings. The lowest BCUT2D eigenvalue weighted by atomic mass is 9.90. The lowest BCUT2D eigenvalue weighted by Gasteiger charge is -2.28. The van der Waals surface area contributed by atoms with Crippen LogP contribution in [0.15, 0.2) is 194 Å². The van der Waals surface area contributed by atoms with Crippen molar-refractivity contribution in [2.75, 3.05) is 41.4 Å². The first-order valence-electron chi connectivity index (χ1n) is 24.0. The molecular weight excluding hydrogens is 921 g/mol. The Morgan fingerprint density at radius 2 is 0.877 bits per heavy atom. The highest BCUT2D eigenvalue weighted by Crippen LogP contribution is 2.33. The molecule has 2 fully saturated rings. The Hall–Kier alpha value is -8.42. The SMILES string of the molecule is CN[C@H]1C[C@@H](C(=O)OC)N(C(=O)C(c2ccccc2)c2ccccc2)C1.COC(=O)[C@@H]1C[C@H](N(C)C(=O)/C=C/c2ccccc2)CN1C(=O)C(c1ccccc1)c1ccccc1.O=C(O)/C=C/c1ccccc1. The maximum absolute atomic E-state index is 14.0.